The Morgan fingerprint density at radius 2 is 1.88 bits per heavy atom. The normalized spacial score (nSPS) is 28.0. The lowest BCUT2D eigenvalue weighted by molar-refractivity contribution is -0.258. The Hall–Kier alpha value is -1.43. The van der Waals surface area contributed by atoms with Crippen LogP contribution < -0.4 is 4.74 Å². The van der Waals surface area contributed by atoms with Gasteiger partial charge in [0.15, 0.2) is 6.29 Å². The largest absolute Gasteiger partial charge is 0.497 e. The molecular weight excluding hydrogens is 308 g/mol. The van der Waals surface area contributed by atoms with Gasteiger partial charge in [0.1, 0.15) is 12.0 Å². The van der Waals surface area contributed by atoms with Gasteiger partial charge in [-0.15, -0.1) is 0 Å². The summed E-state index contributed by atoms with van der Waals surface area (Å²) < 4.78 is 22.9. The molecule has 1 aliphatic heterocycles. The standard InChI is InChI=1S/C19H28O5/c1-12(10-20)17(22-5)14(3)18-13(2)11-23-19(24-18)15-6-8-16(21-4)9-7-15/h6-10,12-14,17-19H,11H2,1-5H3/t12-,13-,14-,17-,18-,19-/m0/s1. The molecule has 0 aromatic heterocycles. The molecule has 2 rings (SSSR count). The molecule has 1 heterocycles. The highest BCUT2D eigenvalue weighted by Gasteiger charge is 2.38. The fraction of sp³-hybridized carbons (Fsp3) is 0.632. The average molecular weight is 336 g/mol. The maximum Gasteiger partial charge on any atom is 0.184 e. The van der Waals surface area contributed by atoms with Crippen LogP contribution >= 0.6 is 0 Å². The zero-order valence-electron chi connectivity index (χ0n) is 15.1. The summed E-state index contributed by atoms with van der Waals surface area (Å²) >= 11 is 0. The summed E-state index contributed by atoms with van der Waals surface area (Å²) in [5.41, 5.74) is 0.956. The molecule has 24 heavy (non-hydrogen) atoms. The van der Waals surface area contributed by atoms with Gasteiger partial charge in [-0.25, -0.2) is 0 Å². The lowest BCUT2D eigenvalue weighted by atomic mass is 9.84. The summed E-state index contributed by atoms with van der Waals surface area (Å²) in [5, 5.41) is 0. The molecule has 0 saturated carbocycles. The Kier molecular flexibility index (Phi) is 6.78. The van der Waals surface area contributed by atoms with Gasteiger partial charge < -0.3 is 23.7 Å². The third-order valence-electron chi connectivity index (χ3n) is 4.78. The van der Waals surface area contributed by atoms with Gasteiger partial charge in [0, 0.05) is 30.4 Å². The maximum absolute atomic E-state index is 11.2. The van der Waals surface area contributed by atoms with E-state index in [4.69, 9.17) is 18.9 Å². The highest BCUT2D eigenvalue weighted by atomic mass is 16.7. The number of rotatable bonds is 7. The van der Waals surface area contributed by atoms with Crippen LogP contribution in [-0.2, 0) is 19.0 Å². The summed E-state index contributed by atoms with van der Waals surface area (Å²) in [6, 6.07) is 7.68. The zero-order valence-corrected chi connectivity index (χ0v) is 15.1. The number of hydrogen-bond donors (Lipinski definition) is 0. The number of carbonyl (C=O) groups is 1. The van der Waals surface area contributed by atoms with Crippen LogP contribution in [0.4, 0.5) is 0 Å². The van der Waals surface area contributed by atoms with E-state index in [-0.39, 0.29) is 30.0 Å². The first-order valence-corrected chi connectivity index (χ1v) is 8.40. The van der Waals surface area contributed by atoms with E-state index in [1.54, 1.807) is 14.2 Å². The van der Waals surface area contributed by atoms with Crippen LogP contribution in [0, 0.1) is 17.8 Å². The van der Waals surface area contributed by atoms with Crippen molar-refractivity contribution in [3.8, 4) is 5.75 Å². The minimum Gasteiger partial charge on any atom is -0.497 e. The lowest BCUT2D eigenvalue weighted by Gasteiger charge is -2.41. The Morgan fingerprint density at radius 3 is 2.42 bits per heavy atom. The first-order chi connectivity index (χ1) is 11.5. The molecule has 1 aromatic rings. The molecular formula is C19H28O5. The van der Waals surface area contributed by atoms with Gasteiger partial charge in [-0.3, -0.25) is 0 Å². The fourth-order valence-electron chi connectivity index (χ4n) is 3.40. The molecule has 6 atom stereocenters. The van der Waals surface area contributed by atoms with Crippen molar-refractivity contribution in [1.29, 1.82) is 0 Å². The molecule has 1 fully saturated rings. The number of ether oxygens (including phenoxy) is 4. The van der Waals surface area contributed by atoms with Crippen molar-refractivity contribution in [1.82, 2.24) is 0 Å². The van der Waals surface area contributed by atoms with Crippen molar-refractivity contribution in [2.24, 2.45) is 17.8 Å². The van der Waals surface area contributed by atoms with E-state index >= 15 is 0 Å². The smallest absolute Gasteiger partial charge is 0.184 e. The average Bonchev–Trinajstić information content (AvgIpc) is 2.62. The molecule has 0 amide bonds. The molecule has 1 aliphatic rings. The number of aldehydes is 1. The zero-order chi connectivity index (χ0) is 17.7. The second kappa shape index (κ2) is 8.60. The summed E-state index contributed by atoms with van der Waals surface area (Å²) in [7, 11) is 3.28. The van der Waals surface area contributed by atoms with Crippen LogP contribution in [0.3, 0.4) is 0 Å². The van der Waals surface area contributed by atoms with Gasteiger partial charge >= 0.3 is 0 Å². The lowest BCUT2D eigenvalue weighted by Crippen LogP contribution is -2.45. The van der Waals surface area contributed by atoms with Gasteiger partial charge in [0.2, 0.25) is 0 Å². The summed E-state index contributed by atoms with van der Waals surface area (Å²) in [5.74, 6) is 0.927. The highest BCUT2D eigenvalue weighted by Crippen LogP contribution is 2.35. The van der Waals surface area contributed by atoms with E-state index < -0.39 is 6.29 Å². The molecule has 134 valence electrons. The van der Waals surface area contributed by atoms with Gasteiger partial charge in [0.05, 0.1) is 25.9 Å². The Morgan fingerprint density at radius 1 is 1.21 bits per heavy atom. The van der Waals surface area contributed by atoms with Gasteiger partial charge in [-0.1, -0.05) is 32.9 Å². The van der Waals surface area contributed by atoms with Crippen molar-refractivity contribution in [2.75, 3.05) is 20.8 Å². The van der Waals surface area contributed by atoms with E-state index in [9.17, 15) is 4.79 Å². The fourth-order valence-corrected chi connectivity index (χ4v) is 3.40. The quantitative estimate of drug-likeness (QED) is 0.716. The molecule has 1 saturated heterocycles. The van der Waals surface area contributed by atoms with Crippen LogP contribution in [0.5, 0.6) is 5.75 Å². The van der Waals surface area contributed by atoms with E-state index in [0.29, 0.717) is 6.61 Å². The summed E-state index contributed by atoms with van der Waals surface area (Å²) in [4.78, 5) is 11.2. The molecule has 0 aliphatic carbocycles. The molecule has 0 radical (unpaired) electrons. The summed E-state index contributed by atoms with van der Waals surface area (Å²) in [6.07, 6.45) is 0.307. The van der Waals surface area contributed by atoms with E-state index in [1.165, 1.54) is 0 Å². The highest BCUT2D eigenvalue weighted by molar-refractivity contribution is 5.53. The predicted molar refractivity (Wildman–Crippen MR) is 90.9 cm³/mol. The minimum absolute atomic E-state index is 0.0433. The first-order valence-electron chi connectivity index (χ1n) is 8.40. The monoisotopic (exact) mass is 336 g/mol. The molecule has 0 N–H and O–H groups in total. The van der Waals surface area contributed by atoms with Gasteiger partial charge in [0.25, 0.3) is 0 Å². The maximum atomic E-state index is 11.2. The number of hydrogen-bond acceptors (Lipinski definition) is 5. The topological polar surface area (TPSA) is 54.0 Å². The van der Waals surface area contributed by atoms with Crippen molar-refractivity contribution in [3.63, 3.8) is 0 Å². The minimum atomic E-state index is -0.413. The SMILES string of the molecule is COc1ccc([C@H]2OC[C@H](C)[C@@H]([C@@H](C)[C@@H](OC)[C@@H](C)C=O)O2)cc1. The number of methoxy groups -OCH3 is 2. The molecule has 5 heteroatoms. The first kappa shape index (κ1) is 18.9. The molecule has 0 spiro atoms. The third kappa shape index (κ3) is 4.15. The van der Waals surface area contributed by atoms with Crippen LogP contribution in [-0.4, -0.2) is 39.3 Å². The molecule has 1 aromatic carbocycles. The van der Waals surface area contributed by atoms with Crippen molar-refractivity contribution >= 4 is 6.29 Å². The van der Waals surface area contributed by atoms with Crippen LogP contribution in [0.1, 0.15) is 32.6 Å². The van der Waals surface area contributed by atoms with Crippen LogP contribution in [0.2, 0.25) is 0 Å². The van der Waals surface area contributed by atoms with Crippen LogP contribution in [0.25, 0.3) is 0 Å². The number of benzene rings is 1. The third-order valence-corrected chi connectivity index (χ3v) is 4.78. The van der Waals surface area contributed by atoms with Crippen molar-refractivity contribution in [3.05, 3.63) is 29.8 Å². The van der Waals surface area contributed by atoms with Gasteiger partial charge in [-0.2, -0.15) is 0 Å². The molecule has 5 nitrogen and oxygen atoms in total. The Balaban J connectivity index is 2.12. The van der Waals surface area contributed by atoms with E-state index in [2.05, 4.69) is 13.8 Å². The van der Waals surface area contributed by atoms with Crippen LogP contribution in [0.15, 0.2) is 24.3 Å². The second-order valence-corrected chi connectivity index (χ2v) is 6.57. The van der Waals surface area contributed by atoms with E-state index in [0.717, 1.165) is 17.6 Å². The molecule has 0 unspecified atom stereocenters. The predicted octanol–water partition coefficient (Wildman–Crippen LogP) is 3.23. The van der Waals surface area contributed by atoms with E-state index in [1.807, 2.05) is 31.2 Å². The number of carbonyl (C=O) groups excluding carboxylic acids is 1. The van der Waals surface area contributed by atoms with Gasteiger partial charge in [-0.05, 0) is 12.1 Å². The van der Waals surface area contributed by atoms with Crippen molar-refractivity contribution in [2.45, 2.75) is 39.3 Å². The second-order valence-electron chi connectivity index (χ2n) is 6.57. The summed E-state index contributed by atoms with van der Waals surface area (Å²) in [6.45, 7) is 6.66. The molecule has 0 bridgehead atoms. The Labute approximate surface area is 144 Å². The Bertz CT molecular complexity index is 515. The van der Waals surface area contributed by atoms with Crippen molar-refractivity contribution < 1.29 is 23.7 Å².